The van der Waals surface area contributed by atoms with Crippen LogP contribution in [0.25, 0.3) is 0 Å². The first-order valence-corrected chi connectivity index (χ1v) is 6.36. The highest BCUT2D eigenvalue weighted by atomic mass is 16.3. The second-order valence-electron chi connectivity index (χ2n) is 5.10. The zero-order valence-corrected chi connectivity index (χ0v) is 10.9. The smallest absolute Gasteiger partial charge is 0.257 e. The summed E-state index contributed by atoms with van der Waals surface area (Å²) in [4.78, 5) is 14.2. The molecule has 0 radical (unpaired) electrons. The molecule has 2 atom stereocenters. The van der Waals surface area contributed by atoms with E-state index < -0.39 is 0 Å². The van der Waals surface area contributed by atoms with Crippen molar-refractivity contribution in [1.82, 2.24) is 4.90 Å². The first kappa shape index (κ1) is 12.9. The van der Waals surface area contributed by atoms with Crippen LogP contribution >= 0.6 is 0 Å². The highest BCUT2D eigenvalue weighted by Crippen LogP contribution is 2.26. The summed E-state index contributed by atoms with van der Waals surface area (Å²) in [5.41, 5.74) is 7.00. The van der Waals surface area contributed by atoms with Crippen LogP contribution in [0.1, 0.15) is 35.7 Å². The summed E-state index contributed by atoms with van der Waals surface area (Å²) in [6.45, 7) is 4.46. The van der Waals surface area contributed by atoms with E-state index in [0.29, 0.717) is 12.1 Å². The molecule has 1 saturated heterocycles. The Kier molecular flexibility index (Phi) is 3.57. The first-order chi connectivity index (χ1) is 8.50. The number of nitrogens with zero attached hydrogens (tertiary/aromatic N) is 1. The summed E-state index contributed by atoms with van der Waals surface area (Å²) in [7, 11) is 0. The fourth-order valence-corrected chi connectivity index (χ4v) is 2.50. The Morgan fingerprint density at radius 2 is 2.22 bits per heavy atom. The lowest BCUT2D eigenvalue weighted by molar-refractivity contribution is 0.0616. The fraction of sp³-hybridized carbons (Fsp3) is 0.500. The van der Waals surface area contributed by atoms with E-state index in [4.69, 9.17) is 5.73 Å². The molecule has 0 spiro atoms. The maximum atomic E-state index is 12.4. The summed E-state index contributed by atoms with van der Waals surface area (Å²) >= 11 is 0. The molecule has 1 heterocycles. The number of rotatable bonds is 1. The molecular formula is C14H20N2O2. The monoisotopic (exact) mass is 248 g/mol. The predicted molar refractivity (Wildman–Crippen MR) is 70.6 cm³/mol. The molecule has 1 aliphatic rings. The quantitative estimate of drug-likeness (QED) is 0.794. The lowest BCUT2D eigenvalue weighted by atomic mass is 9.97. The van der Waals surface area contributed by atoms with Gasteiger partial charge in [-0.1, -0.05) is 12.1 Å². The number of aromatic hydroxyl groups is 1. The number of hydrogen-bond acceptors (Lipinski definition) is 3. The summed E-state index contributed by atoms with van der Waals surface area (Å²) in [6.07, 6.45) is 1.64. The van der Waals surface area contributed by atoms with Gasteiger partial charge in [0.25, 0.3) is 5.91 Å². The molecule has 1 aromatic rings. The molecule has 2 rings (SSSR count). The normalized spacial score (nSPS) is 24.1. The van der Waals surface area contributed by atoms with Crippen molar-refractivity contribution in [2.24, 2.45) is 5.73 Å². The van der Waals surface area contributed by atoms with Gasteiger partial charge in [-0.25, -0.2) is 0 Å². The van der Waals surface area contributed by atoms with Crippen molar-refractivity contribution in [3.05, 3.63) is 29.3 Å². The van der Waals surface area contributed by atoms with E-state index in [0.717, 1.165) is 18.4 Å². The highest BCUT2D eigenvalue weighted by molar-refractivity contribution is 5.97. The molecule has 18 heavy (non-hydrogen) atoms. The van der Waals surface area contributed by atoms with Crippen LogP contribution in [-0.2, 0) is 0 Å². The molecule has 2 unspecified atom stereocenters. The molecule has 4 heteroatoms. The van der Waals surface area contributed by atoms with Crippen molar-refractivity contribution >= 4 is 5.91 Å². The Bertz CT molecular complexity index is 459. The van der Waals surface area contributed by atoms with Crippen LogP contribution in [0.15, 0.2) is 18.2 Å². The van der Waals surface area contributed by atoms with Crippen molar-refractivity contribution in [3.63, 3.8) is 0 Å². The molecule has 0 bridgehead atoms. The van der Waals surface area contributed by atoms with Gasteiger partial charge in [0.15, 0.2) is 0 Å². The third-order valence-corrected chi connectivity index (χ3v) is 3.65. The third-order valence-electron chi connectivity index (χ3n) is 3.65. The molecule has 98 valence electrons. The van der Waals surface area contributed by atoms with Crippen LogP contribution < -0.4 is 5.73 Å². The summed E-state index contributed by atoms with van der Waals surface area (Å²) in [5, 5.41) is 9.96. The van der Waals surface area contributed by atoms with Crippen LogP contribution in [-0.4, -0.2) is 34.5 Å². The topological polar surface area (TPSA) is 66.6 Å². The Hall–Kier alpha value is -1.55. The van der Waals surface area contributed by atoms with Crippen LogP contribution in [0, 0.1) is 6.92 Å². The SMILES string of the molecule is Cc1cccc(C(=O)N2CCC(N)CC2C)c1O. The van der Waals surface area contributed by atoms with Gasteiger partial charge in [-0.3, -0.25) is 4.79 Å². The van der Waals surface area contributed by atoms with Crippen molar-refractivity contribution in [1.29, 1.82) is 0 Å². The van der Waals surface area contributed by atoms with E-state index in [2.05, 4.69) is 0 Å². The number of benzene rings is 1. The number of piperidine rings is 1. The molecule has 0 aromatic heterocycles. The van der Waals surface area contributed by atoms with E-state index in [1.165, 1.54) is 0 Å². The van der Waals surface area contributed by atoms with Crippen molar-refractivity contribution in [3.8, 4) is 5.75 Å². The average molecular weight is 248 g/mol. The first-order valence-electron chi connectivity index (χ1n) is 6.36. The number of likely N-dealkylation sites (tertiary alicyclic amines) is 1. The molecule has 1 fully saturated rings. The minimum atomic E-state index is -0.101. The Morgan fingerprint density at radius 1 is 1.50 bits per heavy atom. The van der Waals surface area contributed by atoms with Crippen LogP contribution in [0.2, 0.25) is 0 Å². The largest absolute Gasteiger partial charge is 0.507 e. The van der Waals surface area contributed by atoms with Gasteiger partial charge in [-0.05, 0) is 38.3 Å². The van der Waals surface area contributed by atoms with Crippen LogP contribution in [0.3, 0.4) is 0 Å². The summed E-state index contributed by atoms with van der Waals surface area (Å²) in [6, 6.07) is 5.56. The number of para-hydroxylation sites is 1. The van der Waals surface area contributed by atoms with Gasteiger partial charge in [0.05, 0.1) is 5.56 Å². The Morgan fingerprint density at radius 3 is 2.89 bits per heavy atom. The lowest BCUT2D eigenvalue weighted by Crippen LogP contribution is -2.48. The number of aryl methyl sites for hydroxylation is 1. The minimum absolute atomic E-state index is 0.0876. The van der Waals surface area contributed by atoms with E-state index >= 15 is 0 Å². The van der Waals surface area contributed by atoms with Gasteiger partial charge in [0.1, 0.15) is 5.75 Å². The maximum Gasteiger partial charge on any atom is 0.257 e. The fourth-order valence-electron chi connectivity index (χ4n) is 2.50. The van der Waals surface area contributed by atoms with E-state index in [9.17, 15) is 9.90 Å². The number of amides is 1. The number of carbonyl (C=O) groups is 1. The van der Waals surface area contributed by atoms with E-state index in [1.54, 1.807) is 30.0 Å². The molecular weight excluding hydrogens is 228 g/mol. The summed E-state index contributed by atoms with van der Waals surface area (Å²) in [5.74, 6) is -0.0137. The molecule has 4 nitrogen and oxygen atoms in total. The van der Waals surface area contributed by atoms with E-state index in [1.807, 2.05) is 6.92 Å². The molecule has 1 aliphatic heterocycles. The van der Waals surface area contributed by atoms with Crippen molar-refractivity contribution in [2.75, 3.05) is 6.54 Å². The van der Waals surface area contributed by atoms with Crippen LogP contribution in [0.5, 0.6) is 5.75 Å². The Labute approximate surface area is 107 Å². The standard InChI is InChI=1S/C14H20N2O2/c1-9-4-3-5-12(13(9)17)14(18)16-7-6-11(15)8-10(16)2/h3-5,10-11,17H,6-8,15H2,1-2H3. The Balaban J connectivity index is 2.23. The van der Waals surface area contributed by atoms with Gasteiger partial charge in [-0.15, -0.1) is 0 Å². The number of nitrogens with two attached hydrogens (primary N) is 1. The zero-order valence-electron chi connectivity index (χ0n) is 10.9. The summed E-state index contributed by atoms with van der Waals surface area (Å²) < 4.78 is 0. The molecule has 1 amide bonds. The second kappa shape index (κ2) is 4.98. The van der Waals surface area contributed by atoms with E-state index in [-0.39, 0.29) is 23.7 Å². The second-order valence-corrected chi connectivity index (χ2v) is 5.10. The van der Waals surface area contributed by atoms with Crippen molar-refractivity contribution in [2.45, 2.75) is 38.8 Å². The third kappa shape index (κ3) is 2.34. The molecule has 1 aromatic carbocycles. The van der Waals surface area contributed by atoms with Gasteiger partial charge < -0.3 is 15.7 Å². The number of carbonyl (C=O) groups excluding carboxylic acids is 1. The van der Waals surface area contributed by atoms with Gasteiger partial charge in [-0.2, -0.15) is 0 Å². The van der Waals surface area contributed by atoms with Gasteiger partial charge >= 0.3 is 0 Å². The molecule has 0 aliphatic carbocycles. The number of phenolic OH excluding ortho intramolecular Hbond substituents is 1. The zero-order chi connectivity index (χ0) is 13.3. The number of phenols is 1. The average Bonchev–Trinajstić information content (AvgIpc) is 2.32. The highest BCUT2D eigenvalue weighted by Gasteiger charge is 2.29. The van der Waals surface area contributed by atoms with Gasteiger partial charge in [0, 0.05) is 18.6 Å². The molecule has 3 N–H and O–H groups in total. The van der Waals surface area contributed by atoms with Crippen LogP contribution in [0.4, 0.5) is 0 Å². The number of hydrogen-bond donors (Lipinski definition) is 2. The maximum absolute atomic E-state index is 12.4. The van der Waals surface area contributed by atoms with Gasteiger partial charge in [0.2, 0.25) is 0 Å². The van der Waals surface area contributed by atoms with Crippen molar-refractivity contribution < 1.29 is 9.90 Å². The minimum Gasteiger partial charge on any atom is -0.507 e. The molecule has 0 saturated carbocycles. The lowest BCUT2D eigenvalue weighted by Gasteiger charge is -2.36. The predicted octanol–water partition coefficient (Wildman–Crippen LogP) is 1.65.